The van der Waals surface area contributed by atoms with Gasteiger partial charge in [-0.05, 0) is 38.0 Å². The Morgan fingerprint density at radius 1 is 1.42 bits per heavy atom. The van der Waals surface area contributed by atoms with Crippen molar-refractivity contribution < 1.29 is 8.42 Å². The van der Waals surface area contributed by atoms with Crippen molar-refractivity contribution in [2.75, 3.05) is 6.26 Å². The molecule has 0 atom stereocenters. The topological polar surface area (TPSA) is 72.2 Å². The van der Waals surface area contributed by atoms with Crippen LogP contribution in [0.1, 0.15) is 30.6 Å². The van der Waals surface area contributed by atoms with Gasteiger partial charge in [-0.3, -0.25) is 0 Å². The van der Waals surface area contributed by atoms with E-state index >= 15 is 0 Å². The van der Waals surface area contributed by atoms with Crippen LogP contribution in [0.25, 0.3) is 0 Å². The molecule has 0 spiro atoms. The Balaban J connectivity index is 1.98. The summed E-state index contributed by atoms with van der Waals surface area (Å²) in [6, 6.07) is 1.75. The van der Waals surface area contributed by atoms with E-state index in [1.54, 1.807) is 11.4 Å². The third-order valence-corrected chi connectivity index (χ3v) is 7.22. The van der Waals surface area contributed by atoms with Gasteiger partial charge >= 0.3 is 0 Å². The first-order valence-electron chi connectivity index (χ1n) is 6.37. The number of nitrogens with one attached hydrogen (secondary N) is 1. The number of thiophene rings is 1. The highest BCUT2D eigenvalue weighted by Crippen LogP contribution is 2.28. The van der Waals surface area contributed by atoms with Crippen LogP contribution in [0.15, 0.2) is 16.3 Å². The Morgan fingerprint density at radius 2 is 2.11 bits per heavy atom. The molecule has 0 unspecified atom stereocenters. The molecule has 0 saturated heterocycles. The first-order valence-corrected chi connectivity index (χ1v) is 10.0. The normalized spacial score (nSPS) is 24.5. The highest BCUT2D eigenvalue weighted by molar-refractivity contribution is 7.99. The zero-order valence-corrected chi connectivity index (χ0v) is 13.4. The van der Waals surface area contributed by atoms with Gasteiger partial charge in [-0.2, -0.15) is 11.8 Å². The lowest BCUT2D eigenvalue weighted by Crippen LogP contribution is -2.37. The number of sulfonamides is 1. The van der Waals surface area contributed by atoms with E-state index in [-0.39, 0.29) is 6.04 Å². The van der Waals surface area contributed by atoms with E-state index in [9.17, 15) is 8.42 Å². The molecule has 1 saturated carbocycles. The molecule has 1 aromatic rings. The molecule has 0 radical (unpaired) electrons. The minimum atomic E-state index is -3.38. The molecule has 19 heavy (non-hydrogen) atoms. The monoisotopic (exact) mass is 320 g/mol. The van der Waals surface area contributed by atoms with Crippen molar-refractivity contribution in [1.82, 2.24) is 4.72 Å². The molecule has 1 heterocycles. The van der Waals surface area contributed by atoms with Crippen LogP contribution < -0.4 is 10.5 Å². The third kappa shape index (κ3) is 3.95. The standard InChI is InChI=1S/C12H20N2O2S3/c1-17-10-4-2-9(3-5-10)14-19(15,16)12-6-11(7-13)18-8-12/h6,8-10,14H,2-5,7,13H2,1H3. The van der Waals surface area contributed by atoms with Crippen LogP contribution in [0, 0.1) is 0 Å². The lowest BCUT2D eigenvalue weighted by atomic mass is 9.96. The Labute approximate surface area is 123 Å². The van der Waals surface area contributed by atoms with Crippen LogP contribution in [-0.4, -0.2) is 26.0 Å². The number of thioether (sulfide) groups is 1. The first kappa shape index (κ1) is 15.3. The van der Waals surface area contributed by atoms with E-state index in [2.05, 4.69) is 11.0 Å². The van der Waals surface area contributed by atoms with Crippen molar-refractivity contribution in [3.63, 3.8) is 0 Å². The maximum Gasteiger partial charge on any atom is 0.241 e. The summed E-state index contributed by atoms with van der Waals surface area (Å²) in [5, 5.41) is 2.35. The van der Waals surface area contributed by atoms with Crippen molar-refractivity contribution in [2.24, 2.45) is 5.73 Å². The van der Waals surface area contributed by atoms with E-state index in [0.29, 0.717) is 16.7 Å². The van der Waals surface area contributed by atoms with E-state index in [1.165, 1.54) is 11.3 Å². The van der Waals surface area contributed by atoms with Crippen LogP contribution >= 0.6 is 23.1 Å². The van der Waals surface area contributed by atoms with Crippen LogP contribution in [0.3, 0.4) is 0 Å². The molecular formula is C12H20N2O2S3. The highest BCUT2D eigenvalue weighted by atomic mass is 32.2. The summed E-state index contributed by atoms with van der Waals surface area (Å²) in [4.78, 5) is 1.25. The summed E-state index contributed by atoms with van der Waals surface area (Å²) in [7, 11) is -3.38. The molecular weight excluding hydrogens is 300 g/mol. The molecule has 0 aromatic carbocycles. The summed E-state index contributed by atoms with van der Waals surface area (Å²) in [5.41, 5.74) is 5.51. The van der Waals surface area contributed by atoms with Gasteiger partial charge in [0.1, 0.15) is 0 Å². The highest BCUT2D eigenvalue weighted by Gasteiger charge is 2.25. The SMILES string of the molecule is CSC1CCC(NS(=O)(=O)c2csc(CN)c2)CC1. The molecule has 3 N–H and O–H groups in total. The van der Waals surface area contributed by atoms with E-state index < -0.39 is 10.0 Å². The van der Waals surface area contributed by atoms with Gasteiger partial charge in [0.05, 0.1) is 4.90 Å². The van der Waals surface area contributed by atoms with E-state index in [0.717, 1.165) is 30.6 Å². The second kappa shape index (κ2) is 6.58. The third-order valence-electron chi connectivity index (χ3n) is 3.47. The maximum absolute atomic E-state index is 12.2. The van der Waals surface area contributed by atoms with E-state index in [4.69, 9.17) is 5.73 Å². The van der Waals surface area contributed by atoms with Gasteiger partial charge in [-0.15, -0.1) is 11.3 Å². The second-order valence-corrected chi connectivity index (χ2v) is 8.63. The Hall–Kier alpha value is -0.0800. The minimum Gasteiger partial charge on any atom is -0.326 e. The quantitative estimate of drug-likeness (QED) is 0.872. The summed E-state index contributed by atoms with van der Waals surface area (Å²) < 4.78 is 27.3. The largest absolute Gasteiger partial charge is 0.326 e. The molecule has 0 aliphatic heterocycles. The van der Waals surface area contributed by atoms with Crippen LogP contribution in [-0.2, 0) is 16.6 Å². The Morgan fingerprint density at radius 3 is 2.63 bits per heavy atom. The summed E-state index contributed by atoms with van der Waals surface area (Å²) in [6.45, 7) is 0.388. The van der Waals surface area contributed by atoms with Crippen molar-refractivity contribution in [3.8, 4) is 0 Å². The van der Waals surface area contributed by atoms with Gasteiger partial charge < -0.3 is 5.73 Å². The fraction of sp³-hybridized carbons (Fsp3) is 0.667. The Kier molecular flexibility index (Phi) is 5.30. The van der Waals surface area contributed by atoms with Gasteiger partial charge in [-0.1, -0.05) is 0 Å². The molecule has 4 nitrogen and oxygen atoms in total. The fourth-order valence-electron chi connectivity index (χ4n) is 2.31. The van der Waals surface area contributed by atoms with Gasteiger partial charge in [-0.25, -0.2) is 13.1 Å². The van der Waals surface area contributed by atoms with Crippen LogP contribution in [0.2, 0.25) is 0 Å². The van der Waals surface area contributed by atoms with E-state index in [1.807, 2.05) is 11.8 Å². The Bertz CT molecular complexity index is 505. The lowest BCUT2D eigenvalue weighted by molar-refractivity contribution is 0.420. The maximum atomic E-state index is 12.2. The summed E-state index contributed by atoms with van der Waals surface area (Å²) in [6.07, 6.45) is 6.16. The van der Waals surface area contributed by atoms with Crippen molar-refractivity contribution in [1.29, 1.82) is 0 Å². The lowest BCUT2D eigenvalue weighted by Gasteiger charge is -2.27. The zero-order valence-electron chi connectivity index (χ0n) is 11.0. The molecule has 0 bridgehead atoms. The number of hydrogen-bond acceptors (Lipinski definition) is 5. The predicted octanol–water partition coefficient (Wildman–Crippen LogP) is 2.16. The average Bonchev–Trinajstić information content (AvgIpc) is 2.89. The second-order valence-electron chi connectivity index (χ2n) is 4.78. The van der Waals surface area contributed by atoms with Crippen molar-refractivity contribution in [2.45, 2.75) is 48.4 Å². The molecule has 1 aliphatic rings. The summed E-state index contributed by atoms with van der Waals surface area (Å²) in [5.74, 6) is 0. The molecule has 1 aliphatic carbocycles. The number of rotatable bonds is 5. The number of nitrogens with two attached hydrogens (primary N) is 1. The van der Waals surface area contributed by atoms with Crippen LogP contribution in [0.4, 0.5) is 0 Å². The summed E-state index contributed by atoms with van der Waals surface area (Å²) >= 11 is 3.27. The number of hydrogen-bond donors (Lipinski definition) is 2. The van der Waals surface area contributed by atoms with Crippen molar-refractivity contribution >= 4 is 33.1 Å². The first-order chi connectivity index (χ1) is 9.05. The van der Waals surface area contributed by atoms with Crippen molar-refractivity contribution in [3.05, 3.63) is 16.3 Å². The zero-order chi connectivity index (χ0) is 13.9. The smallest absolute Gasteiger partial charge is 0.241 e. The van der Waals surface area contributed by atoms with Gasteiger partial charge in [0.25, 0.3) is 0 Å². The van der Waals surface area contributed by atoms with Crippen LogP contribution in [0.5, 0.6) is 0 Å². The van der Waals surface area contributed by atoms with Gasteiger partial charge in [0.15, 0.2) is 0 Å². The molecule has 108 valence electrons. The molecule has 1 aromatic heterocycles. The van der Waals surface area contributed by atoms with Gasteiger partial charge in [0.2, 0.25) is 10.0 Å². The van der Waals surface area contributed by atoms with Gasteiger partial charge in [0, 0.05) is 28.1 Å². The average molecular weight is 321 g/mol. The molecule has 1 fully saturated rings. The molecule has 7 heteroatoms. The molecule has 0 amide bonds. The molecule has 2 rings (SSSR count). The predicted molar refractivity (Wildman–Crippen MR) is 82.1 cm³/mol. The minimum absolute atomic E-state index is 0.0784. The fourth-order valence-corrected chi connectivity index (χ4v) is 5.52.